The Morgan fingerprint density at radius 1 is 1.10 bits per heavy atom. The van der Waals surface area contributed by atoms with Crippen LogP contribution in [-0.2, 0) is 10.3 Å². The summed E-state index contributed by atoms with van der Waals surface area (Å²) in [7, 11) is 0. The van der Waals surface area contributed by atoms with Crippen LogP contribution in [0.25, 0.3) is 33.0 Å². The molecule has 2 bridgehead atoms. The van der Waals surface area contributed by atoms with E-state index < -0.39 is 0 Å². The fourth-order valence-electron chi connectivity index (χ4n) is 4.64. The largest absolute Gasteiger partial charge is 0.383 e. The number of pyridine rings is 2. The minimum atomic E-state index is -0.156. The van der Waals surface area contributed by atoms with Gasteiger partial charge in [-0.1, -0.05) is 0 Å². The quantitative estimate of drug-likeness (QED) is 0.502. The Morgan fingerprint density at radius 2 is 2.07 bits per heavy atom. The van der Waals surface area contributed by atoms with Gasteiger partial charge in [-0.05, 0) is 47.2 Å². The summed E-state index contributed by atoms with van der Waals surface area (Å²) < 4.78 is 5.97. The van der Waals surface area contributed by atoms with Gasteiger partial charge in [-0.15, -0.1) is 0 Å². The summed E-state index contributed by atoms with van der Waals surface area (Å²) >= 11 is 0. The number of morpholine rings is 1. The highest BCUT2D eigenvalue weighted by molar-refractivity contribution is 5.91. The summed E-state index contributed by atoms with van der Waals surface area (Å²) in [5.41, 5.74) is 11.1. The molecule has 6 rings (SSSR count). The van der Waals surface area contributed by atoms with Crippen LogP contribution in [0, 0.1) is 0 Å². The first-order chi connectivity index (χ1) is 14.2. The van der Waals surface area contributed by atoms with E-state index >= 15 is 0 Å². The van der Waals surface area contributed by atoms with E-state index in [0.29, 0.717) is 12.4 Å². The van der Waals surface area contributed by atoms with E-state index in [1.165, 1.54) is 5.56 Å². The standard InChI is InChI=1S/C22H20N6O/c23-21-18(16-8-27-28-9-16)4-15(7-25-21)14-3-13-1-2-24-11-19(13)20(5-14)22-6-17(10-26-22)29-12-22/h1-5,7-9,11,17,26H,6,10,12H2,(H2,23,25)(H,27,28). The normalized spacial score (nSPS) is 23.1. The SMILES string of the molecule is Nc1ncc(-c2cc(C34COC(CN3)C4)c3cnccc3c2)cc1-c1cn[nH]c1. The summed E-state index contributed by atoms with van der Waals surface area (Å²) in [6.07, 6.45) is 10.5. The Hall–Kier alpha value is -3.29. The van der Waals surface area contributed by atoms with E-state index in [-0.39, 0.29) is 11.6 Å². The Bertz CT molecular complexity index is 1210. The zero-order valence-electron chi connectivity index (χ0n) is 15.7. The molecule has 5 heterocycles. The summed E-state index contributed by atoms with van der Waals surface area (Å²) in [5.74, 6) is 0.489. The Morgan fingerprint density at radius 3 is 2.83 bits per heavy atom. The number of hydrogen-bond acceptors (Lipinski definition) is 6. The fourth-order valence-corrected chi connectivity index (χ4v) is 4.64. The van der Waals surface area contributed by atoms with Crippen molar-refractivity contribution in [3.8, 4) is 22.3 Å². The molecule has 0 radical (unpaired) electrons. The van der Waals surface area contributed by atoms with Gasteiger partial charge >= 0.3 is 0 Å². The molecule has 0 aliphatic carbocycles. The van der Waals surface area contributed by atoms with E-state index in [2.05, 4.69) is 49.7 Å². The number of nitrogens with one attached hydrogen (secondary N) is 2. The van der Waals surface area contributed by atoms with Gasteiger partial charge in [-0.3, -0.25) is 10.1 Å². The zero-order valence-corrected chi connectivity index (χ0v) is 15.7. The fraction of sp³-hybridized carbons (Fsp3) is 0.227. The van der Waals surface area contributed by atoms with Gasteiger partial charge in [0.2, 0.25) is 0 Å². The van der Waals surface area contributed by atoms with Crippen molar-refractivity contribution in [1.29, 1.82) is 0 Å². The van der Waals surface area contributed by atoms with E-state index in [1.807, 2.05) is 24.8 Å². The second kappa shape index (κ2) is 6.10. The van der Waals surface area contributed by atoms with Crippen molar-refractivity contribution in [2.75, 3.05) is 18.9 Å². The van der Waals surface area contributed by atoms with Crippen molar-refractivity contribution in [1.82, 2.24) is 25.5 Å². The monoisotopic (exact) mass is 384 g/mol. The molecule has 2 aliphatic heterocycles. The van der Waals surface area contributed by atoms with Gasteiger partial charge in [-0.2, -0.15) is 5.10 Å². The van der Waals surface area contributed by atoms with Crippen LogP contribution in [-0.4, -0.2) is 39.4 Å². The Balaban J connectivity index is 1.55. The molecule has 29 heavy (non-hydrogen) atoms. The van der Waals surface area contributed by atoms with E-state index in [4.69, 9.17) is 10.5 Å². The molecule has 0 amide bonds. The van der Waals surface area contributed by atoms with Gasteiger partial charge in [0, 0.05) is 53.4 Å². The van der Waals surface area contributed by atoms with Crippen molar-refractivity contribution in [2.45, 2.75) is 18.1 Å². The number of H-pyrrole nitrogens is 1. The lowest BCUT2D eigenvalue weighted by Crippen LogP contribution is -2.42. The molecule has 7 heteroatoms. The molecular weight excluding hydrogens is 364 g/mol. The topological polar surface area (TPSA) is 102 Å². The van der Waals surface area contributed by atoms with Crippen LogP contribution in [0.1, 0.15) is 12.0 Å². The average Bonchev–Trinajstić information content (AvgIpc) is 3.51. The number of benzene rings is 1. The third kappa shape index (κ3) is 2.55. The maximum Gasteiger partial charge on any atom is 0.131 e. The van der Waals surface area contributed by atoms with Crippen molar-refractivity contribution in [3.05, 3.63) is 60.8 Å². The number of fused-ring (bicyclic) bond motifs is 3. The first-order valence-electron chi connectivity index (χ1n) is 9.72. The van der Waals surface area contributed by atoms with E-state index in [9.17, 15) is 0 Å². The first kappa shape index (κ1) is 16.6. The lowest BCUT2D eigenvalue weighted by molar-refractivity contribution is 0.0698. The van der Waals surface area contributed by atoms with Gasteiger partial charge in [0.1, 0.15) is 5.82 Å². The smallest absolute Gasteiger partial charge is 0.131 e. The van der Waals surface area contributed by atoms with Crippen molar-refractivity contribution >= 4 is 16.6 Å². The molecule has 144 valence electrons. The molecule has 2 saturated heterocycles. The molecule has 0 spiro atoms. The number of nitrogens with zero attached hydrogens (tertiary/aromatic N) is 3. The third-order valence-electron chi connectivity index (χ3n) is 6.14. The number of nitrogens with two attached hydrogens (primary N) is 1. The summed E-state index contributed by atoms with van der Waals surface area (Å²) in [6.45, 7) is 1.57. The van der Waals surface area contributed by atoms with Gasteiger partial charge in [0.25, 0.3) is 0 Å². The average molecular weight is 384 g/mol. The minimum absolute atomic E-state index is 0.156. The number of aromatic amines is 1. The van der Waals surface area contributed by atoms with Gasteiger partial charge < -0.3 is 15.8 Å². The van der Waals surface area contributed by atoms with Crippen LogP contribution in [0.15, 0.2) is 55.2 Å². The highest BCUT2D eigenvalue weighted by Gasteiger charge is 2.47. The second-order valence-corrected chi connectivity index (χ2v) is 7.86. The van der Waals surface area contributed by atoms with Gasteiger partial charge in [0.15, 0.2) is 0 Å². The zero-order chi connectivity index (χ0) is 19.4. The molecule has 7 nitrogen and oxygen atoms in total. The molecule has 4 aromatic rings. The van der Waals surface area contributed by atoms with Gasteiger partial charge in [0.05, 0.1) is 24.4 Å². The predicted molar refractivity (Wildman–Crippen MR) is 111 cm³/mol. The van der Waals surface area contributed by atoms with Crippen LogP contribution in [0.4, 0.5) is 5.82 Å². The lowest BCUT2D eigenvalue weighted by Gasteiger charge is -2.29. The van der Waals surface area contributed by atoms with Crippen LogP contribution in [0.5, 0.6) is 0 Å². The molecule has 4 N–H and O–H groups in total. The van der Waals surface area contributed by atoms with Crippen molar-refractivity contribution in [2.24, 2.45) is 0 Å². The number of ether oxygens (including phenoxy) is 1. The highest BCUT2D eigenvalue weighted by Crippen LogP contribution is 2.43. The van der Waals surface area contributed by atoms with Crippen LogP contribution in [0.2, 0.25) is 0 Å². The predicted octanol–water partition coefficient (Wildman–Crippen LogP) is 2.86. The van der Waals surface area contributed by atoms with Crippen molar-refractivity contribution < 1.29 is 4.74 Å². The molecule has 0 saturated carbocycles. The molecule has 3 aromatic heterocycles. The number of hydrogen-bond donors (Lipinski definition) is 3. The molecular formula is C22H20N6O. The van der Waals surface area contributed by atoms with Gasteiger partial charge in [-0.25, -0.2) is 4.98 Å². The minimum Gasteiger partial charge on any atom is -0.383 e. The number of nitrogen functional groups attached to an aromatic ring is 1. The lowest BCUT2D eigenvalue weighted by atomic mass is 9.85. The molecule has 1 aromatic carbocycles. The molecule has 2 fully saturated rings. The first-order valence-corrected chi connectivity index (χ1v) is 9.72. The van der Waals surface area contributed by atoms with Crippen LogP contribution in [0.3, 0.4) is 0 Å². The van der Waals surface area contributed by atoms with Crippen molar-refractivity contribution in [3.63, 3.8) is 0 Å². The molecule has 2 atom stereocenters. The number of aromatic nitrogens is 4. The molecule has 2 aliphatic rings. The highest BCUT2D eigenvalue weighted by atomic mass is 16.5. The number of rotatable bonds is 3. The molecule has 2 unspecified atom stereocenters. The van der Waals surface area contributed by atoms with Crippen LogP contribution < -0.4 is 11.1 Å². The number of anilines is 1. The summed E-state index contributed by atoms with van der Waals surface area (Å²) in [4.78, 5) is 8.83. The van der Waals surface area contributed by atoms with E-state index in [1.54, 1.807) is 6.20 Å². The summed E-state index contributed by atoms with van der Waals surface area (Å²) in [5, 5.41) is 12.9. The second-order valence-electron chi connectivity index (χ2n) is 7.86. The van der Waals surface area contributed by atoms with E-state index in [0.717, 1.165) is 46.0 Å². The van der Waals surface area contributed by atoms with Crippen LogP contribution >= 0.6 is 0 Å². The maximum atomic E-state index is 6.14. The Kier molecular flexibility index (Phi) is 3.50. The third-order valence-corrected chi connectivity index (χ3v) is 6.14. The maximum absolute atomic E-state index is 6.14. The summed E-state index contributed by atoms with van der Waals surface area (Å²) in [6, 6.07) is 8.57. The Labute approximate surface area is 167 Å².